The first-order chi connectivity index (χ1) is 49.6. The second kappa shape index (κ2) is 21.4. The highest BCUT2D eigenvalue weighted by atomic mass is 16.3. The molecule has 0 saturated heterocycles. The first-order valence-electron chi connectivity index (χ1n) is 35.0. The Labute approximate surface area is 583 Å². The molecule has 0 fully saturated rings. The monoisotopic (exact) mass is 1290 g/mol. The van der Waals surface area contributed by atoms with Crippen molar-refractivity contribution in [2.24, 2.45) is 0 Å². The predicted molar refractivity (Wildman–Crippen MR) is 422 cm³/mol. The Morgan fingerprint density at radius 2 is 0.663 bits per heavy atom. The molecule has 5 heteroatoms. The minimum Gasteiger partial charge on any atom is -0.456 e. The second-order valence-electron chi connectivity index (χ2n) is 28.6. The maximum Gasteiger partial charge on any atom is 0.145 e. The maximum absolute atomic E-state index is 7.47. The molecule has 2 aliphatic carbocycles. The SMILES string of the molecule is CC1(C)c2ccccc2-c2ccc(N(c3ccc4c(c3)oc3ccccc34)c3ccc(-c4cccc(-c5ccc6c(c5)C(C)(C)c5cc(N(c7ccc8ccccc8c7)c7ccc(-c8ccccc8)c8oc9c%10ccccc%10ccc9c78)ccc5-6)c4)c4oc5c6ccccc6ccc5c34)cc21. The summed E-state index contributed by atoms with van der Waals surface area (Å²) in [6.07, 6.45) is 0. The van der Waals surface area contributed by atoms with Gasteiger partial charge in [0.15, 0.2) is 0 Å². The lowest BCUT2D eigenvalue weighted by Gasteiger charge is -2.29. The molecule has 101 heavy (non-hydrogen) atoms. The maximum atomic E-state index is 7.47. The van der Waals surface area contributed by atoms with Gasteiger partial charge in [0.1, 0.15) is 33.5 Å². The third kappa shape index (κ3) is 8.50. The number of fused-ring (bicyclic) bond motifs is 20. The van der Waals surface area contributed by atoms with E-state index < -0.39 is 0 Å². The number of para-hydroxylation sites is 1. The third-order valence-corrected chi connectivity index (χ3v) is 22.4. The molecule has 476 valence electrons. The van der Waals surface area contributed by atoms with Crippen LogP contribution in [0.4, 0.5) is 34.1 Å². The third-order valence-electron chi connectivity index (χ3n) is 22.4. The van der Waals surface area contributed by atoms with Crippen molar-refractivity contribution in [1.82, 2.24) is 0 Å². The highest BCUT2D eigenvalue weighted by Crippen LogP contribution is 2.56. The Hall–Kier alpha value is -12.7. The molecule has 0 saturated carbocycles. The zero-order valence-electron chi connectivity index (χ0n) is 56.1. The lowest BCUT2D eigenvalue weighted by atomic mass is 9.81. The molecule has 21 rings (SSSR count). The summed E-state index contributed by atoms with van der Waals surface area (Å²) in [5.74, 6) is 0. The highest BCUT2D eigenvalue weighted by Gasteiger charge is 2.39. The van der Waals surface area contributed by atoms with Crippen LogP contribution in [0.5, 0.6) is 0 Å². The normalized spacial score (nSPS) is 13.5. The fraction of sp³-hybridized carbons (Fsp3) is 0.0625. The van der Waals surface area contributed by atoms with Crippen LogP contribution in [-0.2, 0) is 10.8 Å². The topological polar surface area (TPSA) is 45.9 Å². The largest absolute Gasteiger partial charge is 0.456 e. The van der Waals surface area contributed by atoms with Gasteiger partial charge in [-0.1, -0.05) is 234 Å². The number of hydrogen-bond acceptors (Lipinski definition) is 5. The van der Waals surface area contributed by atoms with Crippen LogP contribution in [0.3, 0.4) is 0 Å². The first kappa shape index (κ1) is 57.4. The minimum atomic E-state index is -0.366. The van der Waals surface area contributed by atoms with Crippen molar-refractivity contribution < 1.29 is 13.3 Å². The van der Waals surface area contributed by atoms with Crippen molar-refractivity contribution >= 4 is 132 Å². The van der Waals surface area contributed by atoms with Gasteiger partial charge in [-0.3, -0.25) is 0 Å². The van der Waals surface area contributed by atoms with Gasteiger partial charge < -0.3 is 23.1 Å². The van der Waals surface area contributed by atoms with Gasteiger partial charge in [-0.05, 0) is 191 Å². The van der Waals surface area contributed by atoms with Gasteiger partial charge in [0, 0.05) is 83.1 Å². The van der Waals surface area contributed by atoms with Crippen LogP contribution in [0.15, 0.2) is 329 Å². The number of rotatable bonds is 9. The number of nitrogens with zero attached hydrogens (tertiary/aromatic N) is 2. The molecule has 0 spiro atoms. The molecule has 16 aromatic carbocycles. The molecule has 0 aliphatic heterocycles. The summed E-state index contributed by atoms with van der Waals surface area (Å²) in [5.41, 5.74) is 27.6. The van der Waals surface area contributed by atoms with Crippen molar-refractivity contribution in [2.75, 3.05) is 9.80 Å². The standard InChI is InChI=1S/C96H64N2O3/c1-95(2)81-31-16-14-29-73(81)75-44-38-67(54-83(75)95)98(68-40-46-78-77-30-15-17-32-87(77)99-88(78)56-68)86-50-48-72(94-90(86)80-43-35-60-23-11-13-28-70(60)92(80)101-94)64-26-18-25-61(51-64)63-36-41-74-76-45-39-66(55-84(76)96(3,4)82(74)53-63)97(65-37-33-57-19-8-9-24-62(57)52-65)85-49-47-71(58-20-6-5-7-21-58)93-89(85)79-42-34-59-22-10-12-27-69(59)91(79)100-93/h5-56H,1-4H3. The summed E-state index contributed by atoms with van der Waals surface area (Å²) in [5, 5.41) is 13.3. The summed E-state index contributed by atoms with van der Waals surface area (Å²) >= 11 is 0. The molecule has 2 aliphatic rings. The van der Waals surface area contributed by atoms with Crippen molar-refractivity contribution in [1.29, 1.82) is 0 Å². The van der Waals surface area contributed by atoms with Crippen molar-refractivity contribution in [3.05, 3.63) is 338 Å². The number of hydrogen-bond donors (Lipinski definition) is 0. The minimum absolute atomic E-state index is 0.218. The van der Waals surface area contributed by atoms with Gasteiger partial charge in [0.05, 0.1) is 22.1 Å². The lowest BCUT2D eigenvalue weighted by molar-refractivity contribution is 0.660. The van der Waals surface area contributed by atoms with Crippen LogP contribution in [0.1, 0.15) is 49.9 Å². The van der Waals surface area contributed by atoms with Gasteiger partial charge in [0.2, 0.25) is 0 Å². The smallest absolute Gasteiger partial charge is 0.145 e. The van der Waals surface area contributed by atoms with Gasteiger partial charge >= 0.3 is 0 Å². The van der Waals surface area contributed by atoms with E-state index in [2.05, 4.69) is 347 Å². The zero-order chi connectivity index (χ0) is 67.0. The van der Waals surface area contributed by atoms with Crippen LogP contribution in [0.2, 0.25) is 0 Å². The number of benzene rings is 16. The van der Waals surface area contributed by atoms with Crippen LogP contribution < -0.4 is 9.80 Å². The van der Waals surface area contributed by atoms with Gasteiger partial charge in [-0.15, -0.1) is 0 Å². The fourth-order valence-corrected chi connectivity index (χ4v) is 17.4. The van der Waals surface area contributed by atoms with Gasteiger partial charge in [0.25, 0.3) is 0 Å². The number of furan rings is 3. The van der Waals surface area contributed by atoms with Crippen molar-refractivity contribution in [2.45, 2.75) is 38.5 Å². The van der Waals surface area contributed by atoms with E-state index in [0.29, 0.717) is 0 Å². The van der Waals surface area contributed by atoms with Crippen LogP contribution >= 0.6 is 0 Å². The van der Waals surface area contributed by atoms with Crippen molar-refractivity contribution in [3.8, 4) is 55.6 Å². The van der Waals surface area contributed by atoms with E-state index in [1.165, 1.54) is 55.3 Å². The predicted octanol–water partition coefficient (Wildman–Crippen LogP) is 27.4. The van der Waals surface area contributed by atoms with E-state index in [-0.39, 0.29) is 10.8 Å². The van der Waals surface area contributed by atoms with Crippen LogP contribution in [0, 0.1) is 0 Å². The Morgan fingerprint density at radius 3 is 1.34 bits per heavy atom. The molecule has 0 unspecified atom stereocenters. The van der Waals surface area contributed by atoms with Gasteiger partial charge in [-0.25, -0.2) is 0 Å². The molecule has 0 amide bonds. The molecular weight excluding hydrogens is 1230 g/mol. The molecular formula is C96H64N2O3. The quantitative estimate of drug-likeness (QED) is 0.144. The Kier molecular flexibility index (Phi) is 12.2. The van der Waals surface area contributed by atoms with E-state index in [9.17, 15) is 0 Å². The molecule has 3 heterocycles. The van der Waals surface area contributed by atoms with Crippen LogP contribution in [0.25, 0.3) is 154 Å². The average Bonchev–Trinajstić information content (AvgIpc) is 1.60. The Morgan fingerprint density at radius 1 is 0.228 bits per heavy atom. The van der Waals surface area contributed by atoms with E-state index in [4.69, 9.17) is 13.3 Å². The zero-order valence-corrected chi connectivity index (χ0v) is 56.1. The first-order valence-corrected chi connectivity index (χ1v) is 35.0. The lowest BCUT2D eigenvalue weighted by Crippen LogP contribution is -2.17. The highest BCUT2D eigenvalue weighted by molar-refractivity contribution is 6.24. The summed E-state index contributed by atoms with van der Waals surface area (Å²) in [4.78, 5) is 4.89. The molecule has 3 aromatic heterocycles. The molecule has 0 bridgehead atoms. The average molecular weight is 1290 g/mol. The molecule has 5 nitrogen and oxygen atoms in total. The summed E-state index contributed by atoms with van der Waals surface area (Å²) in [6, 6.07) is 116. The molecule has 0 atom stereocenters. The molecule has 0 radical (unpaired) electrons. The van der Waals surface area contributed by atoms with E-state index >= 15 is 0 Å². The van der Waals surface area contributed by atoms with Crippen LogP contribution in [-0.4, -0.2) is 0 Å². The molecule has 0 N–H and O–H groups in total. The summed E-state index contributed by atoms with van der Waals surface area (Å²) in [6.45, 7) is 9.51. The van der Waals surface area contributed by atoms with Gasteiger partial charge in [-0.2, -0.15) is 0 Å². The van der Waals surface area contributed by atoms with E-state index in [0.717, 1.165) is 155 Å². The van der Waals surface area contributed by atoms with Crippen molar-refractivity contribution in [3.63, 3.8) is 0 Å². The Bertz CT molecular complexity index is 6740. The summed E-state index contributed by atoms with van der Waals surface area (Å²) < 4.78 is 21.4. The Balaban J connectivity index is 0.701. The van der Waals surface area contributed by atoms with E-state index in [1.54, 1.807) is 0 Å². The summed E-state index contributed by atoms with van der Waals surface area (Å²) in [7, 11) is 0. The van der Waals surface area contributed by atoms with E-state index in [1.807, 2.05) is 6.07 Å². The number of anilines is 6. The molecule has 19 aromatic rings. The fourth-order valence-electron chi connectivity index (χ4n) is 17.4. The second-order valence-corrected chi connectivity index (χ2v) is 28.6.